The fourth-order valence-electron chi connectivity index (χ4n) is 10.2. The van der Waals surface area contributed by atoms with Crippen molar-refractivity contribution in [2.75, 3.05) is 0 Å². The van der Waals surface area contributed by atoms with Crippen LogP contribution in [0.25, 0.3) is 76.8 Å². The van der Waals surface area contributed by atoms with E-state index in [0.29, 0.717) is 0 Å². The lowest BCUT2D eigenvalue weighted by Crippen LogP contribution is -2.23. The third-order valence-corrected chi connectivity index (χ3v) is 13.3. The van der Waals surface area contributed by atoms with Crippen molar-refractivity contribution < 1.29 is 0 Å². The zero-order valence-corrected chi connectivity index (χ0v) is 31.5. The lowest BCUT2D eigenvalue weighted by Gasteiger charge is -2.30. The quantitative estimate of drug-likeness (QED) is 0.164. The zero-order chi connectivity index (χ0) is 35.7. The van der Waals surface area contributed by atoms with Crippen LogP contribution in [-0.2, 0) is 16.2 Å². The van der Waals surface area contributed by atoms with E-state index in [4.69, 9.17) is 0 Å². The maximum Gasteiger partial charge on any atom is 0.0210 e. The van der Waals surface area contributed by atoms with E-state index in [9.17, 15) is 0 Å². The molecule has 0 N–H and O–H groups in total. The fourth-order valence-corrected chi connectivity index (χ4v) is 10.2. The molecule has 254 valence electrons. The van der Waals surface area contributed by atoms with Gasteiger partial charge in [0.25, 0.3) is 0 Å². The van der Waals surface area contributed by atoms with Gasteiger partial charge in [0.15, 0.2) is 0 Å². The Bertz CT molecular complexity index is 2740. The van der Waals surface area contributed by atoms with Crippen molar-refractivity contribution >= 4 is 32.3 Å². The van der Waals surface area contributed by atoms with Crippen molar-refractivity contribution in [2.24, 2.45) is 0 Å². The van der Waals surface area contributed by atoms with Gasteiger partial charge in [-0.3, -0.25) is 0 Å². The number of hydrogen-bond donors (Lipinski definition) is 0. The molecule has 0 spiro atoms. The highest BCUT2D eigenvalue weighted by Gasteiger charge is 2.41. The van der Waals surface area contributed by atoms with E-state index >= 15 is 0 Å². The number of hydrogen-bond acceptors (Lipinski definition) is 0. The lowest BCUT2D eigenvalue weighted by molar-refractivity contribution is 0.491. The van der Waals surface area contributed by atoms with E-state index in [0.717, 1.165) is 12.8 Å². The van der Waals surface area contributed by atoms with Crippen LogP contribution in [0.5, 0.6) is 0 Å². The molecule has 10 rings (SSSR count). The predicted molar refractivity (Wildman–Crippen MR) is 224 cm³/mol. The maximum atomic E-state index is 2.54. The van der Waals surface area contributed by atoms with Gasteiger partial charge in [-0.05, 0) is 141 Å². The molecule has 8 aromatic carbocycles. The standard InChI is InChI=1S/C52H46/c1-8-52(9-2)46-28-35(34-17-22-39-40-26-20-37(50(3,4)5)30-45(40)51(6,7)44(39)27-34)18-23-41(46)42-24-19-36(29-47(42)52)38-21-15-33-14-13-31-11-10-12-32-16-25-43(38)49(33)48(31)32/h10-30H,8-9H2,1-7H3. The molecule has 0 nitrogen and oxygen atoms in total. The molecule has 0 saturated heterocycles. The van der Waals surface area contributed by atoms with Crippen molar-refractivity contribution in [2.45, 2.75) is 77.6 Å². The molecule has 0 heterocycles. The van der Waals surface area contributed by atoms with Crippen LogP contribution >= 0.6 is 0 Å². The molecule has 2 aliphatic carbocycles. The van der Waals surface area contributed by atoms with Gasteiger partial charge in [0, 0.05) is 10.8 Å². The Balaban J connectivity index is 1.08. The summed E-state index contributed by atoms with van der Waals surface area (Å²) in [5.41, 5.74) is 18.1. The molecular weight excluding hydrogens is 625 g/mol. The summed E-state index contributed by atoms with van der Waals surface area (Å²) in [7, 11) is 0. The summed E-state index contributed by atoms with van der Waals surface area (Å²) in [6.45, 7) is 16.5. The number of benzene rings is 8. The summed E-state index contributed by atoms with van der Waals surface area (Å²) in [6.07, 6.45) is 2.13. The van der Waals surface area contributed by atoms with E-state index in [-0.39, 0.29) is 16.2 Å². The third kappa shape index (κ3) is 4.16. The highest BCUT2D eigenvalue weighted by Crippen LogP contribution is 2.56. The molecule has 0 saturated carbocycles. The maximum absolute atomic E-state index is 2.54. The van der Waals surface area contributed by atoms with Gasteiger partial charge >= 0.3 is 0 Å². The molecule has 0 aliphatic heterocycles. The average Bonchev–Trinajstić information content (AvgIpc) is 3.57. The molecule has 52 heavy (non-hydrogen) atoms. The largest absolute Gasteiger partial charge is 0.0642 e. The van der Waals surface area contributed by atoms with Crippen molar-refractivity contribution in [3.05, 3.63) is 155 Å². The van der Waals surface area contributed by atoms with Crippen molar-refractivity contribution in [1.29, 1.82) is 0 Å². The Morgan fingerprint density at radius 2 is 0.904 bits per heavy atom. The van der Waals surface area contributed by atoms with Gasteiger partial charge in [0.2, 0.25) is 0 Å². The van der Waals surface area contributed by atoms with Crippen LogP contribution in [-0.4, -0.2) is 0 Å². The molecule has 0 unspecified atom stereocenters. The first-order valence-electron chi connectivity index (χ1n) is 19.3. The van der Waals surface area contributed by atoms with Gasteiger partial charge in [0.05, 0.1) is 0 Å². The second-order valence-corrected chi connectivity index (χ2v) is 17.2. The molecule has 0 bridgehead atoms. The first-order chi connectivity index (χ1) is 25.0. The Kier molecular flexibility index (Phi) is 6.47. The normalized spacial score (nSPS) is 15.3. The van der Waals surface area contributed by atoms with Gasteiger partial charge in [-0.25, -0.2) is 0 Å². The molecule has 0 fully saturated rings. The molecule has 0 radical (unpaired) electrons. The topological polar surface area (TPSA) is 0 Å². The zero-order valence-electron chi connectivity index (χ0n) is 31.5. The van der Waals surface area contributed by atoms with E-state index in [1.54, 1.807) is 0 Å². The molecule has 2 aliphatic rings. The minimum atomic E-state index is -0.0486. The summed E-state index contributed by atoms with van der Waals surface area (Å²) >= 11 is 0. The molecule has 0 atom stereocenters. The van der Waals surface area contributed by atoms with Crippen LogP contribution in [0, 0.1) is 0 Å². The molecule has 0 heteroatoms. The Morgan fingerprint density at radius 3 is 1.52 bits per heavy atom. The van der Waals surface area contributed by atoms with E-state index in [1.165, 1.54) is 105 Å². The second kappa shape index (κ2) is 10.7. The highest BCUT2D eigenvalue weighted by atomic mass is 14.4. The summed E-state index contributed by atoms with van der Waals surface area (Å²) in [5, 5.41) is 8.05. The summed E-state index contributed by atoms with van der Waals surface area (Å²) in [4.78, 5) is 0. The summed E-state index contributed by atoms with van der Waals surface area (Å²) in [6, 6.07) is 49.6. The van der Waals surface area contributed by atoms with Gasteiger partial charge < -0.3 is 0 Å². The van der Waals surface area contributed by atoms with Gasteiger partial charge in [-0.2, -0.15) is 0 Å². The van der Waals surface area contributed by atoms with Crippen molar-refractivity contribution in [1.82, 2.24) is 0 Å². The Hall–Kier alpha value is -5.20. The lowest BCUT2D eigenvalue weighted by atomic mass is 9.73. The van der Waals surface area contributed by atoms with Crippen LogP contribution in [0.4, 0.5) is 0 Å². The van der Waals surface area contributed by atoms with Crippen molar-refractivity contribution in [3.8, 4) is 44.5 Å². The monoisotopic (exact) mass is 670 g/mol. The SMILES string of the molecule is CCC1(CC)c2cc(-c3ccc4c(c3)C(C)(C)c3cc(C(C)(C)C)ccc3-4)ccc2-c2ccc(-c3ccc4ccc5cccc6ccc3c4c56)cc21. The Labute approximate surface area is 308 Å². The van der Waals surface area contributed by atoms with Gasteiger partial charge in [0.1, 0.15) is 0 Å². The first-order valence-corrected chi connectivity index (χ1v) is 19.3. The predicted octanol–water partition coefficient (Wildman–Crippen LogP) is 14.6. The number of rotatable bonds is 4. The average molecular weight is 671 g/mol. The number of fused-ring (bicyclic) bond motifs is 6. The van der Waals surface area contributed by atoms with Crippen LogP contribution in [0.1, 0.15) is 89.1 Å². The molecular formula is C52H46. The first kappa shape index (κ1) is 31.5. The Morgan fingerprint density at radius 1 is 0.442 bits per heavy atom. The van der Waals surface area contributed by atoms with Crippen LogP contribution in [0.15, 0.2) is 127 Å². The van der Waals surface area contributed by atoms with E-state index in [2.05, 4.69) is 176 Å². The third-order valence-electron chi connectivity index (χ3n) is 13.3. The minimum absolute atomic E-state index is 0.0317. The minimum Gasteiger partial charge on any atom is -0.0642 e. The van der Waals surface area contributed by atoms with Crippen LogP contribution in [0.3, 0.4) is 0 Å². The van der Waals surface area contributed by atoms with Gasteiger partial charge in [-0.1, -0.05) is 158 Å². The summed E-state index contributed by atoms with van der Waals surface area (Å²) < 4.78 is 0. The van der Waals surface area contributed by atoms with Crippen LogP contribution in [0.2, 0.25) is 0 Å². The molecule has 8 aromatic rings. The fraction of sp³-hybridized carbons (Fsp3) is 0.231. The molecule has 0 aromatic heterocycles. The highest BCUT2D eigenvalue weighted by molar-refractivity contribution is 6.25. The smallest absolute Gasteiger partial charge is 0.0210 e. The van der Waals surface area contributed by atoms with Crippen LogP contribution < -0.4 is 0 Å². The summed E-state index contributed by atoms with van der Waals surface area (Å²) in [5.74, 6) is 0. The molecule has 0 amide bonds. The second-order valence-electron chi connectivity index (χ2n) is 17.2. The van der Waals surface area contributed by atoms with E-state index < -0.39 is 0 Å². The van der Waals surface area contributed by atoms with E-state index in [1.807, 2.05) is 0 Å². The van der Waals surface area contributed by atoms with Gasteiger partial charge in [-0.15, -0.1) is 0 Å². The van der Waals surface area contributed by atoms with Crippen molar-refractivity contribution in [3.63, 3.8) is 0 Å².